The first-order valence-electron chi connectivity index (χ1n) is 9.98. The fourth-order valence-electron chi connectivity index (χ4n) is 3.63. The van der Waals surface area contributed by atoms with E-state index in [4.69, 9.17) is 4.74 Å². The number of nitrogens with zero attached hydrogens (tertiary/aromatic N) is 4. The van der Waals surface area contributed by atoms with Crippen molar-refractivity contribution in [3.63, 3.8) is 0 Å². The molecule has 2 fully saturated rings. The summed E-state index contributed by atoms with van der Waals surface area (Å²) in [5.74, 6) is 0.581. The molecule has 2 amide bonds. The number of piperazine rings is 1. The van der Waals surface area contributed by atoms with Gasteiger partial charge < -0.3 is 19.9 Å². The highest BCUT2D eigenvalue weighted by molar-refractivity contribution is 5.92. The molecule has 148 valence electrons. The average molecular weight is 375 g/mol. The van der Waals surface area contributed by atoms with Gasteiger partial charge in [0, 0.05) is 32.2 Å². The average Bonchev–Trinajstić information content (AvgIpc) is 2.97. The van der Waals surface area contributed by atoms with Crippen molar-refractivity contribution in [3.05, 3.63) is 17.8 Å². The lowest BCUT2D eigenvalue weighted by Crippen LogP contribution is -2.49. The Labute approximate surface area is 160 Å². The van der Waals surface area contributed by atoms with Crippen LogP contribution >= 0.6 is 0 Å². The van der Waals surface area contributed by atoms with Crippen LogP contribution in [0.5, 0.6) is 0 Å². The number of aromatic nitrogens is 2. The highest BCUT2D eigenvalue weighted by Gasteiger charge is 2.23. The Morgan fingerprint density at radius 3 is 2.37 bits per heavy atom. The Balaban J connectivity index is 1.51. The van der Waals surface area contributed by atoms with Gasteiger partial charge in [0.05, 0.1) is 6.61 Å². The zero-order chi connectivity index (χ0) is 19.1. The maximum Gasteiger partial charge on any atom is 0.409 e. The largest absolute Gasteiger partial charge is 0.450 e. The summed E-state index contributed by atoms with van der Waals surface area (Å²) in [6.07, 6.45) is 6.67. The van der Waals surface area contributed by atoms with Gasteiger partial charge in [0.1, 0.15) is 0 Å². The molecule has 1 saturated carbocycles. The maximum absolute atomic E-state index is 12.4. The van der Waals surface area contributed by atoms with E-state index in [2.05, 4.69) is 20.4 Å². The summed E-state index contributed by atoms with van der Waals surface area (Å²) in [7, 11) is 0. The molecule has 8 heteroatoms. The quantitative estimate of drug-likeness (QED) is 0.812. The van der Waals surface area contributed by atoms with Crippen LogP contribution in [0.1, 0.15) is 55.9 Å². The van der Waals surface area contributed by atoms with Crippen LogP contribution in [0.2, 0.25) is 0 Å². The lowest BCUT2D eigenvalue weighted by atomic mass is 10.1. The molecule has 2 aliphatic rings. The molecule has 1 aliphatic heterocycles. The molecule has 1 aliphatic carbocycles. The molecule has 0 unspecified atom stereocenters. The van der Waals surface area contributed by atoms with E-state index in [1.54, 1.807) is 17.9 Å². The minimum absolute atomic E-state index is 0.145. The zero-order valence-corrected chi connectivity index (χ0v) is 16.0. The van der Waals surface area contributed by atoms with Crippen LogP contribution in [0.4, 0.5) is 10.6 Å². The molecule has 1 N–H and O–H groups in total. The Kier molecular flexibility index (Phi) is 6.84. The summed E-state index contributed by atoms with van der Waals surface area (Å²) < 4.78 is 5.03. The van der Waals surface area contributed by atoms with Crippen LogP contribution in [0.15, 0.2) is 12.1 Å². The van der Waals surface area contributed by atoms with Crippen molar-refractivity contribution >= 4 is 17.8 Å². The third kappa shape index (κ3) is 5.30. The highest BCUT2D eigenvalue weighted by Crippen LogP contribution is 2.18. The number of amides is 2. The fraction of sp³-hybridized carbons (Fsp3) is 0.684. The first-order valence-corrected chi connectivity index (χ1v) is 9.98. The van der Waals surface area contributed by atoms with Crippen molar-refractivity contribution in [2.45, 2.75) is 51.5 Å². The van der Waals surface area contributed by atoms with Gasteiger partial charge >= 0.3 is 6.09 Å². The van der Waals surface area contributed by atoms with E-state index in [0.29, 0.717) is 38.5 Å². The fourth-order valence-corrected chi connectivity index (χ4v) is 3.63. The predicted molar refractivity (Wildman–Crippen MR) is 102 cm³/mol. The van der Waals surface area contributed by atoms with E-state index in [1.807, 2.05) is 6.07 Å². The molecular weight excluding hydrogens is 346 g/mol. The second kappa shape index (κ2) is 9.53. The standard InChI is InChI=1S/C19H29N5O3/c1-2-27-19(26)24-13-11-23(12-14-24)17-10-9-16(21-22-17)18(25)20-15-7-5-3-4-6-8-15/h9-10,15H,2-8,11-14H2,1H3,(H,20,25). The van der Waals surface area contributed by atoms with Gasteiger partial charge in [0.2, 0.25) is 0 Å². The predicted octanol–water partition coefficient (Wildman–Crippen LogP) is 2.21. The molecule has 0 aromatic carbocycles. The molecule has 3 rings (SSSR count). The van der Waals surface area contributed by atoms with E-state index in [-0.39, 0.29) is 18.0 Å². The third-order valence-corrected chi connectivity index (χ3v) is 5.20. The number of hydrogen-bond acceptors (Lipinski definition) is 6. The van der Waals surface area contributed by atoms with E-state index in [0.717, 1.165) is 18.7 Å². The van der Waals surface area contributed by atoms with Crippen LogP contribution in [0.3, 0.4) is 0 Å². The molecular formula is C19H29N5O3. The molecule has 0 bridgehead atoms. The third-order valence-electron chi connectivity index (χ3n) is 5.20. The summed E-state index contributed by atoms with van der Waals surface area (Å²) in [4.78, 5) is 27.9. The molecule has 27 heavy (non-hydrogen) atoms. The zero-order valence-electron chi connectivity index (χ0n) is 16.0. The Hall–Kier alpha value is -2.38. The molecule has 8 nitrogen and oxygen atoms in total. The highest BCUT2D eigenvalue weighted by atomic mass is 16.6. The summed E-state index contributed by atoms with van der Waals surface area (Å²) in [6, 6.07) is 3.80. The van der Waals surface area contributed by atoms with Crippen LogP contribution < -0.4 is 10.2 Å². The van der Waals surface area contributed by atoms with E-state index < -0.39 is 0 Å². The van der Waals surface area contributed by atoms with Gasteiger partial charge in [-0.25, -0.2) is 4.79 Å². The number of hydrogen-bond donors (Lipinski definition) is 1. The Morgan fingerprint density at radius 2 is 1.78 bits per heavy atom. The van der Waals surface area contributed by atoms with Crippen LogP contribution in [0.25, 0.3) is 0 Å². The van der Waals surface area contributed by atoms with Crippen molar-refractivity contribution in [2.24, 2.45) is 0 Å². The molecule has 2 heterocycles. The van der Waals surface area contributed by atoms with Crippen molar-refractivity contribution in [3.8, 4) is 0 Å². The topological polar surface area (TPSA) is 87.7 Å². The monoisotopic (exact) mass is 375 g/mol. The summed E-state index contributed by atoms with van der Waals surface area (Å²) in [5, 5.41) is 11.4. The van der Waals surface area contributed by atoms with Gasteiger partial charge in [0.15, 0.2) is 11.5 Å². The Morgan fingerprint density at radius 1 is 1.07 bits per heavy atom. The van der Waals surface area contributed by atoms with Crippen LogP contribution in [-0.4, -0.2) is 65.9 Å². The summed E-state index contributed by atoms with van der Waals surface area (Å²) in [5.41, 5.74) is 0.355. The maximum atomic E-state index is 12.4. The molecule has 0 spiro atoms. The van der Waals surface area contributed by atoms with Crippen molar-refractivity contribution in [1.82, 2.24) is 20.4 Å². The van der Waals surface area contributed by atoms with Gasteiger partial charge in [0.25, 0.3) is 5.91 Å². The van der Waals surface area contributed by atoms with E-state index in [1.165, 1.54) is 25.7 Å². The number of rotatable bonds is 4. The van der Waals surface area contributed by atoms with Crippen molar-refractivity contribution < 1.29 is 14.3 Å². The van der Waals surface area contributed by atoms with Crippen molar-refractivity contribution in [2.75, 3.05) is 37.7 Å². The Bertz CT molecular complexity index is 621. The molecule has 1 aromatic heterocycles. The van der Waals surface area contributed by atoms with E-state index >= 15 is 0 Å². The van der Waals surface area contributed by atoms with Gasteiger partial charge in [-0.05, 0) is 31.9 Å². The first-order chi connectivity index (χ1) is 13.2. The molecule has 1 saturated heterocycles. The number of carbonyl (C=O) groups is 2. The lowest BCUT2D eigenvalue weighted by molar-refractivity contribution is 0.0926. The van der Waals surface area contributed by atoms with Gasteiger partial charge in [-0.15, -0.1) is 10.2 Å². The summed E-state index contributed by atoms with van der Waals surface area (Å²) >= 11 is 0. The molecule has 0 atom stereocenters. The van der Waals surface area contributed by atoms with Crippen LogP contribution in [-0.2, 0) is 4.74 Å². The minimum atomic E-state index is -0.270. The smallest absolute Gasteiger partial charge is 0.409 e. The summed E-state index contributed by atoms with van der Waals surface area (Å²) in [6.45, 7) is 4.70. The minimum Gasteiger partial charge on any atom is -0.450 e. The normalized spacial score (nSPS) is 18.7. The number of nitrogens with one attached hydrogen (secondary N) is 1. The van der Waals surface area contributed by atoms with Gasteiger partial charge in [-0.3, -0.25) is 4.79 Å². The van der Waals surface area contributed by atoms with E-state index in [9.17, 15) is 9.59 Å². The number of ether oxygens (including phenoxy) is 1. The van der Waals surface area contributed by atoms with Crippen LogP contribution in [0, 0.1) is 0 Å². The second-order valence-corrected chi connectivity index (χ2v) is 7.11. The van der Waals surface area contributed by atoms with Gasteiger partial charge in [-0.1, -0.05) is 25.7 Å². The molecule has 0 radical (unpaired) electrons. The number of carbonyl (C=O) groups excluding carboxylic acids is 2. The lowest BCUT2D eigenvalue weighted by Gasteiger charge is -2.34. The van der Waals surface area contributed by atoms with Crippen molar-refractivity contribution in [1.29, 1.82) is 0 Å². The first kappa shape index (κ1) is 19.4. The van der Waals surface area contributed by atoms with Gasteiger partial charge in [-0.2, -0.15) is 0 Å². The number of anilines is 1. The second-order valence-electron chi connectivity index (χ2n) is 7.11. The molecule has 1 aromatic rings. The SMILES string of the molecule is CCOC(=O)N1CCN(c2ccc(C(=O)NC3CCCCCC3)nn2)CC1.